The molecule has 2 atom stereocenters. The Kier molecular flexibility index (Phi) is 4.94. The van der Waals surface area contributed by atoms with E-state index in [1.807, 2.05) is 0 Å². The van der Waals surface area contributed by atoms with Gasteiger partial charge in [0.2, 0.25) is 5.91 Å². The van der Waals surface area contributed by atoms with Crippen LogP contribution in [-0.4, -0.2) is 19.0 Å². The van der Waals surface area contributed by atoms with Crippen LogP contribution < -0.4 is 11.1 Å². The normalized spacial score (nSPS) is 26.4. The van der Waals surface area contributed by atoms with E-state index in [9.17, 15) is 4.79 Å². The summed E-state index contributed by atoms with van der Waals surface area (Å²) in [5.41, 5.74) is 5.38. The zero-order valence-corrected chi connectivity index (χ0v) is 9.09. The molecule has 0 aromatic heterocycles. The largest absolute Gasteiger partial charge is 0.356 e. The minimum absolute atomic E-state index is 0.257. The van der Waals surface area contributed by atoms with Crippen LogP contribution in [0, 0.1) is 11.8 Å². The minimum Gasteiger partial charge on any atom is -0.356 e. The molecule has 0 aliphatic heterocycles. The monoisotopic (exact) mass is 198 g/mol. The Morgan fingerprint density at radius 1 is 1.43 bits per heavy atom. The second-order valence-corrected chi connectivity index (χ2v) is 4.30. The molecule has 0 saturated heterocycles. The summed E-state index contributed by atoms with van der Waals surface area (Å²) in [5, 5.41) is 3.00. The van der Waals surface area contributed by atoms with Crippen LogP contribution >= 0.6 is 0 Å². The molecule has 2 unspecified atom stereocenters. The molecule has 1 saturated carbocycles. The Bertz CT molecular complexity index is 182. The summed E-state index contributed by atoms with van der Waals surface area (Å²) < 4.78 is 0. The predicted molar refractivity (Wildman–Crippen MR) is 57.8 cm³/mol. The lowest BCUT2D eigenvalue weighted by molar-refractivity contribution is -0.125. The molecule has 0 spiro atoms. The topological polar surface area (TPSA) is 55.1 Å². The van der Waals surface area contributed by atoms with Crippen LogP contribution in [-0.2, 0) is 4.79 Å². The first-order chi connectivity index (χ1) is 6.75. The van der Waals surface area contributed by atoms with Crippen LogP contribution in [0.2, 0.25) is 0 Å². The zero-order valence-electron chi connectivity index (χ0n) is 9.09. The van der Waals surface area contributed by atoms with E-state index < -0.39 is 0 Å². The Morgan fingerprint density at radius 2 is 2.21 bits per heavy atom. The lowest BCUT2D eigenvalue weighted by Crippen LogP contribution is -2.32. The molecule has 1 amide bonds. The molecular weight excluding hydrogens is 176 g/mol. The molecule has 0 aromatic carbocycles. The van der Waals surface area contributed by atoms with Crippen molar-refractivity contribution in [1.29, 1.82) is 0 Å². The summed E-state index contributed by atoms with van der Waals surface area (Å²) in [4.78, 5) is 11.7. The Labute approximate surface area is 86.4 Å². The van der Waals surface area contributed by atoms with Crippen LogP contribution in [0.1, 0.15) is 39.0 Å². The lowest BCUT2D eigenvalue weighted by Gasteiger charge is -2.14. The molecule has 1 aliphatic carbocycles. The standard InChI is InChI=1S/C11H22N2O/c1-9-5-4-6-10(9)11(14)13-8-3-2-7-12/h9-10H,2-8,12H2,1H3,(H,13,14). The Balaban J connectivity index is 2.14. The number of nitrogens with two attached hydrogens (primary N) is 1. The van der Waals surface area contributed by atoms with Crippen LogP contribution in [0.4, 0.5) is 0 Å². The van der Waals surface area contributed by atoms with Gasteiger partial charge < -0.3 is 11.1 Å². The van der Waals surface area contributed by atoms with Crippen LogP contribution in [0.3, 0.4) is 0 Å². The first-order valence-corrected chi connectivity index (χ1v) is 5.73. The average molecular weight is 198 g/mol. The SMILES string of the molecule is CC1CCCC1C(=O)NCCCCN. The first-order valence-electron chi connectivity index (χ1n) is 5.73. The number of amides is 1. The highest BCUT2D eigenvalue weighted by Crippen LogP contribution is 2.30. The second-order valence-electron chi connectivity index (χ2n) is 4.30. The summed E-state index contributed by atoms with van der Waals surface area (Å²) in [6.45, 7) is 3.69. The molecule has 3 heteroatoms. The maximum absolute atomic E-state index is 11.7. The summed E-state index contributed by atoms with van der Waals surface area (Å²) in [5.74, 6) is 1.10. The lowest BCUT2D eigenvalue weighted by atomic mass is 9.97. The number of nitrogens with one attached hydrogen (secondary N) is 1. The van der Waals surface area contributed by atoms with Gasteiger partial charge in [0.1, 0.15) is 0 Å². The molecule has 1 rings (SSSR count). The van der Waals surface area contributed by atoms with Crippen molar-refractivity contribution in [2.24, 2.45) is 17.6 Å². The summed E-state index contributed by atoms with van der Waals surface area (Å²) in [6, 6.07) is 0. The Hall–Kier alpha value is -0.570. The van der Waals surface area contributed by atoms with E-state index in [0.29, 0.717) is 5.92 Å². The molecule has 3 nitrogen and oxygen atoms in total. The van der Waals surface area contributed by atoms with Gasteiger partial charge in [0.25, 0.3) is 0 Å². The van der Waals surface area contributed by atoms with Gasteiger partial charge >= 0.3 is 0 Å². The maximum Gasteiger partial charge on any atom is 0.223 e. The maximum atomic E-state index is 11.7. The fourth-order valence-electron chi connectivity index (χ4n) is 2.15. The van der Waals surface area contributed by atoms with Gasteiger partial charge in [-0.05, 0) is 38.1 Å². The van der Waals surface area contributed by atoms with E-state index in [4.69, 9.17) is 5.73 Å². The van der Waals surface area contributed by atoms with Gasteiger partial charge in [0.05, 0.1) is 0 Å². The highest BCUT2D eigenvalue weighted by molar-refractivity contribution is 5.79. The Morgan fingerprint density at radius 3 is 2.79 bits per heavy atom. The number of carbonyl (C=O) groups is 1. The highest BCUT2D eigenvalue weighted by Gasteiger charge is 2.29. The van der Waals surface area contributed by atoms with Crippen LogP contribution in [0.25, 0.3) is 0 Å². The smallest absolute Gasteiger partial charge is 0.223 e. The quantitative estimate of drug-likeness (QED) is 0.654. The van der Waals surface area contributed by atoms with Crippen LogP contribution in [0.5, 0.6) is 0 Å². The molecule has 0 aromatic rings. The number of rotatable bonds is 5. The first kappa shape index (κ1) is 11.5. The molecule has 3 N–H and O–H groups in total. The van der Waals surface area contributed by atoms with Gasteiger partial charge in [-0.1, -0.05) is 13.3 Å². The van der Waals surface area contributed by atoms with Gasteiger partial charge in [-0.3, -0.25) is 4.79 Å². The predicted octanol–water partition coefficient (Wildman–Crippen LogP) is 1.28. The van der Waals surface area contributed by atoms with Crippen molar-refractivity contribution in [3.63, 3.8) is 0 Å². The third-order valence-electron chi connectivity index (χ3n) is 3.13. The number of hydrogen-bond acceptors (Lipinski definition) is 2. The van der Waals surface area contributed by atoms with Crippen molar-refractivity contribution in [2.75, 3.05) is 13.1 Å². The van der Waals surface area contributed by atoms with E-state index in [0.717, 1.165) is 32.4 Å². The van der Waals surface area contributed by atoms with Crippen molar-refractivity contribution < 1.29 is 4.79 Å². The third kappa shape index (κ3) is 3.29. The van der Waals surface area contributed by atoms with Crippen molar-refractivity contribution in [3.05, 3.63) is 0 Å². The van der Waals surface area contributed by atoms with Gasteiger partial charge in [0.15, 0.2) is 0 Å². The summed E-state index contributed by atoms with van der Waals surface area (Å²) in [6.07, 6.45) is 5.50. The van der Waals surface area contributed by atoms with Crippen LogP contribution in [0.15, 0.2) is 0 Å². The second kappa shape index (κ2) is 6.02. The molecule has 82 valence electrons. The zero-order chi connectivity index (χ0) is 10.4. The van der Waals surface area contributed by atoms with Gasteiger partial charge in [-0.15, -0.1) is 0 Å². The fraction of sp³-hybridized carbons (Fsp3) is 0.909. The summed E-state index contributed by atoms with van der Waals surface area (Å²) in [7, 11) is 0. The number of carbonyl (C=O) groups excluding carboxylic acids is 1. The number of unbranched alkanes of at least 4 members (excludes halogenated alkanes) is 1. The van der Waals surface area contributed by atoms with E-state index in [1.165, 1.54) is 12.8 Å². The molecular formula is C11H22N2O. The molecule has 0 radical (unpaired) electrons. The molecule has 1 fully saturated rings. The fourth-order valence-corrected chi connectivity index (χ4v) is 2.15. The number of hydrogen-bond donors (Lipinski definition) is 2. The van der Waals surface area contributed by atoms with Crippen molar-refractivity contribution in [3.8, 4) is 0 Å². The van der Waals surface area contributed by atoms with E-state index in [-0.39, 0.29) is 11.8 Å². The molecule has 1 aliphatic rings. The molecule has 0 heterocycles. The molecule has 14 heavy (non-hydrogen) atoms. The van der Waals surface area contributed by atoms with Crippen molar-refractivity contribution in [2.45, 2.75) is 39.0 Å². The minimum atomic E-state index is 0.257. The van der Waals surface area contributed by atoms with Gasteiger partial charge in [-0.25, -0.2) is 0 Å². The van der Waals surface area contributed by atoms with E-state index in [2.05, 4.69) is 12.2 Å². The van der Waals surface area contributed by atoms with Gasteiger partial charge in [-0.2, -0.15) is 0 Å². The van der Waals surface area contributed by atoms with Crippen molar-refractivity contribution in [1.82, 2.24) is 5.32 Å². The third-order valence-corrected chi connectivity index (χ3v) is 3.13. The van der Waals surface area contributed by atoms with E-state index in [1.54, 1.807) is 0 Å². The van der Waals surface area contributed by atoms with Crippen molar-refractivity contribution >= 4 is 5.91 Å². The van der Waals surface area contributed by atoms with E-state index >= 15 is 0 Å². The van der Waals surface area contributed by atoms with Gasteiger partial charge in [0, 0.05) is 12.5 Å². The summed E-state index contributed by atoms with van der Waals surface area (Å²) >= 11 is 0. The average Bonchev–Trinajstić information content (AvgIpc) is 2.59. The molecule has 0 bridgehead atoms. The highest BCUT2D eigenvalue weighted by atomic mass is 16.1.